The highest BCUT2D eigenvalue weighted by atomic mass is 16.3. The third kappa shape index (κ3) is 2.96. The smallest absolute Gasteiger partial charge is 0.196 e. The number of aryl methyl sites for hydroxylation is 2. The lowest BCUT2D eigenvalue weighted by Gasteiger charge is -2.09. The van der Waals surface area contributed by atoms with Crippen LogP contribution in [0.5, 0.6) is 0 Å². The van der Waals surface area contributed by atoms with E-state index in [9.17, 15) is 0 Å². The maximum atomic E-state index is 5.44. The van der Waals surface area contributed by atoms with Crippen molar-refractivity contribution in [2.45, 2.75) is 40.3 Å². The Hall–Kier alpha value is -1.68. The monoisotopic (exact) mass is 245 g/mol. The fourth-order valence-electron chi connectivity index (χ4n) is 1.74. The molecular weight excluding hydrogens is 226 g/mol. The second-order valence-electron chi connectivity index (χ2n) is 4.79. The van der Waals surface area contributed by atoms with Crippen molar-refractivity contribution in [1.29, 1.82) is 0 Å². The fourth-order valence-corrected chi connectivity index (χ4v) is 1.74. The Balaban J connectivity index is 2.29. The van der Waals surface area contributed by atoms with Gasteiger partial charge in [0.25, 0.3) is 0 Å². The molecule has 2 aromatic rings. The Morgan fingerprint density at radius 2 is 2.06 bits per heavy atom. The third-order valence-corrected chi connectivity index (χ3v) is 2.66. The lowest BCUT2D eigenvalue weighted by molar-refractivity contribution is 0.568. The summed E-state index contributed by atoms with van der Waals surface area (Å²) in [5.41, 5.74) is 3.00. The zero-order valence-corrected chi connectivity index (χ0v) is 11.3. The second kappa shape index (κ2) is 5.31. The normalized spacial score (nSPS) is 11.2. The van der Waals surface area contributed by atoms with Gasteiger partial charge < -0.3 is 9.73 Å². The van der Waals surface area contributed by atoms with E-state index in [0.29, 0.717) is 11.9 Å². The van der Waals surface area contributed by atoms with Crippen molar-refractivity contribution in [3.8, 4) is 11.6 Å². The van der Waals surface area contributed by atoms with E-state index in [4.69, 9.17) is 4.42 Å². The summed E-state index contributed by atoms with van der Waals surface area (Å²) in [6.07, 6.45) is 1.67. The standard InChI is InChI=1S/C14H19N3O/c1-9(2)15-8-12-7-11(4)16-14(17-12)13-10(3)5-6-18-13/h5-7,9,15H,8H2,1-4H3. The number of nitrogens with one attached hydrogen (secondary N) is 1. The highest BCUT2D eigenvalue weighted by Gasteiger charge is 2.10. The molecule has 4 nitrogen and oxygen atoms in total. The first-order valence-corrected chi connectivity index (χ1v) is 6.18. The van der Waals surface area contributed by atoms with Crippen LogP contribution >= 0.6 is 0 Å². The Kier molecular flexibility index (Phi) is 3.77. The average Bonchev–Trinajstić information content (AvgIpc) is 2.72. The maximum Gasteiger partial charge on any atom is 0.196 e. The molecule has 0 amide bonds. The number of nitrogens with zero attached hydrogens (tertiary/aromatic N) is 2. The molecule has 2 heterocycles. The van der Waals surface area contributed by atoms with Crippen LogP contribution in [0.2, 0.25) is 0 Å². The molecule has 18 heavy (non-hydrogen) atoms. The molecule has 1 N–H and O–H groups in total. The van der Waals surface area contributed by atoms with Crippen molar-refractivity contribution in [3.05, 3.63) is 35.3 Å². The van der Waals surface area contributed by atoms with Gasteiger partial charge in [-0.2, -0.15) is 0 Å². The number of hydrogen-bond acceptors (Lipinski definition) is 4. The van der Waals surface area contributed by atoms with E-state index in [1.54, 1.807) is 6.26 Å². The summed E-state index contributed by atoms with van der Waals surface area (Å²) in [5.74, 6) is 1.42. The van der Waals surface area contributed by atoms with E-state index in [-0.39, 0.29) is 0 Å². The minimum atomic E-state index is 0.439. The molecule has 2 aromatic heterocycles. The van der Waals surface area contributed by atoms with Gasteiger partial charge >= 0.3 is 0 Å². The number of hydrogen-bond donors (Lipinski definition) is 1. The molecule has 0 fully saturated rings. The molecule has 0 aromatic carbocycles. The van der Waals surface area contributed by atoms with Crippen LogP contribution in [0.25, 0.3) is 11.6 Å². The largest absolute Gasteiger partial charge is 0.461 e. The van der Waals surface area contributed by atoms with E-state index < -0.39 is 0 Å². The van der Waals surface area contributed by atoms with E-state index in [1.165, 1.54) is 0 Å². The Bertz CT molecular complexity index is 532. The van der Waals surface area contributed by atoms with Crippen LogP contribution in [-0.2, 0) is 6.54 Å². The van der Waals surface area contributed by atoms with Gasteiger partial charge in [-0.05, 0) is 31.5 Å². The molecule has 0 saturated heterocycles. The minimum Gasteiger partial charge on any atom is -0.461 e. The minimum absolute atomic E-state index is 0.439. The predicted octanol–water partition coefficient (Wildman–Crippen LogP) is 2.85. The number of aromatic nitrogens is 2. The van der Waals surface area contributed by atoms with Crippen LogP contribution < -0.4 is 5.32 Å². The molecule has 0 spiro atoms. The number of rotatable bonds is 4. The van der Waals surface area contributed by atoms with Gasteiger partial charge in [0, 0.05) is 18.3 Å². The van der Waals surface area contributed by atoms with Gasteiger partial charge in [-0.1, -0.05) is 13.8 Å². The summed E-state index contributed by atoms with van der Waals surface area (Å²) < 4.78 is 5.44. The first kappa shape index (κ1) is 12.8. The molecule has 96 valence electrons. The predicted molar refractivity (Wildman–Crippen MR) is 71.2 cm³/mol. The summed E-state index contributed by atoms with van der Waals surface area (Å²) in [6, 6.07) is 4.36. The van der Waals surface area contributed by atoms with Crippen LogP contribution in [-0.4, -0.2) is 16.0 Å². The quantitative estimate of drug-likeness (QED) is 0.900. The lowest BCUT2D eigenvalue weighted by Crippen LogP contribution is -2.22. The van der Waals surface area contributed by atoms with Crippen LogP contribution in [0.1, 0.15) is 30.8 Å². The highest BCUT2D eigenvalue weighted by Crippen LogP contribution is 2.21. The molecule has 0 aliphatic carbocycles. The average molecular weight is 245 g/mol. The molecule has 2 rings (SSSR count). The van der Waals surface area contributed by atoms with Crippen LogP contribution in [0.4, 0.5) is 0 Å². The molecule has 0 unspecified atom stereocenters. The van der Waals surface area contributed by atoms with Gasteiger partial charge in [-0.25, -0.2) is 9.97 Å². The van der Waals surface area contributed by atoms with Crippen LogP contribution in [0, 0.1) is 13.8 Å². The van der Waals surface area contributed by atoms with Crippen molar-refractivity contribution in [2.24, 2.45) is 0 Å². The van der Waals surface area contributed by atoms with Crippen molar-refractivity contribution in [2.75, 3.05) is 0 Å². The van der Waals surface area contributed by atoms with E-state index >= 15 is 0 Å². The summed E-state index contributed by atoms with van der Waals surface area (Å²) >= 11 is 0. The van der Waals surface area contributed by atoms with Crippen molar-refractivity contribution < 1.29 is 4.42 Å². The summed E-state index contributed by atoms with van der Waals surface area (Å²) in [5, 5.41) is 3.36. The van der Waals surface area contributed by atoms with Gasteiger partial charge in [0.05, 0.1) is 12.0 Å². The zero-order chi connectivity index (χ0) is 13.1. The first-order chi connectivity index (χ1) is 8.56. The van der Waals surface area contributed by atoms with Crippen molar-refractivity contribution in [1.82, 2.24) is 15.3 Å². The molecule has 0 bridgehead atoms. The fraction of sp³-hybridized carbons (Fsp3) is 0.429. The van der Waals surface area contributed by atoms with Gasteiger partial charge in [0.15, 0.2) is 11.6 Å². The SMILES string of the molecule is Cc1cc(CNC(C)C)nc(-c2occc2C)n1. The molecule has 0 aliphatic heterocycles. The summed E-state index contributed by atoms with van der Waals surface area (Å²) in [6.45, 7) is 8.95. The van der Waals surface area contributed by atoms with Gasteiger partial charge in [-0.15, -0.1) is 0 Å². The van der Waals surface area contributed by atoms with E-state index in [2.05, 4.69) is 29.1 Å². The topological polar surface area (TPSA) is 51.0 Å². The molecule has 0 saturated carbocycles. The first-order valence-electron chi connectivity index (χ1n) is 6.18. The molecule has 0 aliphatic rings. The van der Waals surface area contributed by atoms with Crippen LogP contribution in [0.15, 0.2) is 22.8 Å². The maximum absolute atomic E-state index is 5.44. The summed E-state index contributed by atoms with van der Waals surface area (Å²) in [4.78, 5) is 8.97. The molecule has 0 atom stereocenters. The Morgan fingerprint density at radius 3 is 2.67 bits per heavy atom. The van der Waals surface area contributed by atoms with E-state index in [0.717, 1.165) is 29.3 Å². The van der Waals surface area contributed by atoms with Gasteiger partial charge in [0.2, 0.25) is 0 Å². The molecule has 4 heteroatoms. The third-order valence-electron chi connectivity index (χ3n) is 2.66. The van der Waals surface area contributed by atoms with Crippen molar-refractivity contribution >= 4 is 0 Å². The zero-order valence-electron chi connectivity index (χ0n) is 11.3. The van der Waals surface area contributed by atoms with Crippen molar-refractivity contribution in [3.63, 3.8) is 0 Å². The number of furan rings is 1. The molecular formula is C14H19N3O. The second-order valence-corrected chi connectivity index (χ2v) is 4.79. The van der Waals surface area contributed by atoms with Gasteiger partial charge in [-0.3, -0.25) is 0 Å². The Labute approximate surface area is 107 Å². The van der Waals surface area contributed by atoms with E-state index in [1.807, 2.05) is 26.0 Å². The Morgan fingerprint density at radius 1 is 1.28 bits per heavy atom. The van der Waals surface area contributed by atoms with Gasteiger partial charge in [0.1, 0.15) is 0 Å². The lowest BCUT2D eigenvalue weighted by atomic mass is 10.2. The molecule has 0 radical (unpaired) electrons. The highest BCUT2D eigenvalue weighted by molar-refractivity contribution is 5.52. The summed E-state index contributed by atoms with van der Waals surface area (Å²) in [7, 11) is 0. The van der Waals surface area contributed by atoms with Crippen LogP contribution in [0.3, 0.4) is 0 Å².